The Morgan fingerprint density at radius 2 is 2.29 bits per heavy atom. The highest BCUT2D eigenvalue weighted by Gasteiger charge is 2.22. The van der Waals surface area contributed by atoms with Crippen LogP contribution in [0.1, 0.15) is 16.8 Å². The quantitative estimate of drug-likeness (QED) is 0.748. The van der Waals surface area contributed by atoms with Gasteiger partial charge in [-0.1, -0.05) is 0 Å². The third kappa shape index (κ3) is 3.05. The molecule has 0 bridgehead atoms. The van der Waals surface area contributed by atoms with E-state index < -0.39 is 0 Å². The Bertz CT molecular complexity index is 921. The zero-order valence-electron chi connectivity index (χ0n) is 12.8. The molecule has 122 valence electrons. The topological polar surface area (TPSA) is 75.0 Å². The summed E-state index contributed by atoms with van der Waals surface area (Å²) >= 11 is 3.44. The Balaban J connectivity index is 1.58. The highest BCUT2D eigenvalue weighted by molar-refractivity contribution is 9.10. The summed E-state index contributed by atoms with van der Waals surface area (Å²) in [6.45, 7) is 2.20. The summed E-state index contributed by atoms with van der Waals surface area (Å²) in [5.41, 5.74) is 2.61. The summed E-state index contributed by atoms with van der Waals surface area (Å²) in [5.74, 6) is 1.07. The summed E-state index contributed by atoms with van der Waals surface area (Å²) < 4.78 is 6.28. The molecule has 4 rings (SSSR count). The van der Waals surface area contributed by atoms with Crippen molar-refractivity contribution in [1.29, 1.82) is 0 Å². The number of nitrogens with zero attached hydrogens (tertiary/aromatic N) is 3. The van der Waals surface area contributed by atoms with Crippen LogP contribution < -0.4 is 5.56 Å². The predicted octanol–water partition coefficient (Wildman–Crippen LogP) is 2.75. The maximum Gasteiger partial charge on any atom is 0.256 e. The number of hydrogen-bond donors (Lipinski definition) is 1. The first-order valence-electron chi connectivity index (χ1n) is 7.67. The molecule has 0 atom stereocenters. The van der Waals surface area contributed by atoms with Crippen LogP contribution in [0.3, 0.4) is 0 Å². The van der Waals surface area contributed by atoms with E-state index in [2.05, 4.69) is 35.8 Å². The van der Waals surface area contributed by atoms with E-state index >= 15 is 0 Å². The number of aromatic amines is 1. The van der Waals surface area contributed by atoms with E-state index in [1.807, 2.05) is 12.3 Å². The van der Waals surface area contributed by atoms with Gasteiger partial charge < -0.3 is 9.40 Å². The largest absolute Gasteiger partial charge is 0.461 e. The first-order chi connectivity index (χ1) is 11.7. The van der Waals surface area contributed by atoms with E-state index in [1.165, 1.54) is 0 Å². The first-order valence-corrected chi connectivity index (χ1v) is 8.46. The van der Waals surface area contributed by atoms with Gasteiger partial charge in [0.2, 0.25) is 0 Å². The van der Waals surface area contributed by atoms with Gasteiger partial charge >= 0.3 is 0 Å². The molecule has 1 N–H and O–H groups in total. The molecular weight excluding hydrogens is 372 g/mol. The number of aromatic nitrogens is 3. The molecule has 7 heteroatoms. The molecule has 0 radical (unpaired) electrons. The third-order valence-electron chi connectivity index (χ3n) is 4.07. The van der Waals surface area contributed by atoms with Crippen LogP contribution in [0.2, 0.25) is 0 Å². The molecule has 0 unspecified atom stereocenters. The Morgan fingerprint density at radius 3 is 3.08 bits per heavy atom. The van der Waals surface area contributed by atoms with Crippen molar-refractivity contribution < 1.29 is 4.42 Å². The average molecular weight is 387 g/mol. The SMILES string of the molecule is O=c1[nH]c(-c2ccco2)nc2c1CN(Cc1cncc(Br)c1)CC2. The molecule has 4 heterocycles. The summed E-state index contributed by atoms with van der Waals surface area (Å²) in [6.07, 6.45) is 5.93. The summed E-state index contributed by atoms with van der Waals surface area (Å²) in [6, 6.07) is 5.62. The Hall–Kier alpha value is -2.25. The van der Waals surface area contributed by atoms with Crippen LogP contribution in [0.15, 0.2) is 50.5 Å². The fourth-order valence-corrected chi connectivity index (χ4v) is 3.36. The normalized spacial score (nSPS) is 14.5. The van der Waals surface area contributed by atoms with Crippen molar-refractivity contribution in [3.63, 3.8) is 0 Å². The number of nitrogens with one attached hydrogen (secondary N) is 1. The van der Waals surface area contributed by atoms with Crippen molar-refractivity contribution in [1.82, 2.24) is 19.9 Å². The molecule has 0 amide bonds. The average Bonchev–Trinajstić information content (AvgIpc) is 3.10. The number of furan rings is 1. The van der Waals surface area contributed by atoms with E-state index in [9.17, 15) is 4.79 Å². The monoisotopic (exact) mass is 386 g/mol. The molecule has 0 fully saturated rings. The van der Waals surface area contributed by atoms with E-state index in [-0.39, 0.29) is 5.56 Å². The van der Waals surface area contributed by atoms with Gasteiger partial charge in [-0.05, 0) is 39.7 Å². The highest BCUT2D eigenvalue weighted by atomic mass is 79.9. The lowest BCUT2D eigenvalue weighted by molar-refractivity contribution is 0.241. The molecule has 0 saturated carbocycles. The maximum atomic E-state index is 12.4. The number of rotatable bonds is 3. The van der Waals surface area contributed by atoms with Crippen LogP contribution in [-0.2, 0) is 19.5 Å². The number of halogens is 1. The van der Waals surface area contributed by atoms with Gasteiger partial charge in [-0.2, -0.15) is 0 Å². The van der Waals surface area contributed by atoms with Gasteiger partial charge in [0.15, 0.2) is 11.6 Å². The lowest BCUT2D eigenvalue weighted by Gasteiger charge is -2.27. The second-order valence-electron chi connectivity index (χ2n) is 5.79. The van der Waals surface area contributed by atoms with Crippen molar-refractivity contribution >= 4 is 15.9 Å². The van der Waals surface area contributed by atoms with E-state index in [0.29, 0.717) is 18.1 Å². The van der Waals surface area contributed by atoms with E-state index in [1.54, 1.807) is 24.6 Å². The van der Waals surface area contributed by atoms with Crippen LogP contribution in [0.25, 0.3) is 11.6 Å². The second-order valence-corrected chi connectivity index (χ2v) is 6.70. The molecule has 3 aromatic heterocycles. The molecule has 6 nitrogen and oxygen atoms in total. The Morgan fingerprint density at radius 1 is 1.38 bits per heavy atom. The standard InChI is InChI=1S/C17H15BrN4O2/c18-12-6-11(7-19-8-12)9-22-4-3-14-13(10-22)17(23)21-16(20-14)15-2-1-5-24-15/h1-2,5-8H,3-4,9-10H2,(H,20,21,23). The highest BCUT2D eigenvalue weighted by Crippen LogP contribution is 2.20. The van der Waals surface area contributed by atoms with Gasteiger partial charge in [0.05, 0.1) is 17.5 Å². The molecule has 1 aliphatic rings. The van der Waals surface area contributed by atoms with Gasteiger partial charge in [0.1, 0.15) is 0 Å². The molecule has 1 aliphatic heterocycles. The third-order valence-corrected chi connectivity index (χ3v) is 4.50. The molecule has 0 aliphatic carbocycles. The fourth-order valence-electron chi connectivity index (χ4n) is 2.95. The number of hydrogen-bond acceptors (Lipinski definition) is 5. The van der Waals surface area contributed by atoms with Gasteiger partial charge in [-0.15, -0.1) is 0 Å². The maximum absolute atomic E-state index is 12.4. The van der Waals surface area contributed by atoms with Crippen LogP contribution in [0.4, 0.5) is 0 Å². The molecule has 0 aromatic carbocycles. The number of pyridine rings is 1. The van der Waals surface area contributed by atoms with Crippen LogP contribution in [0.5, 0.6) is 0 Å². The first kappa shape index (κ1) is 15.3. The molecule has 0 spiro atoms. The zero-order valence-corrected chi connectivity index (χ0v) is 14.4. The lowest BCUT2D eigenvalue weighted by Crippen LogP contribution is -2.35. The number of fused-ring (bicyclic) bond motifs is 1. The van der Waals surface area contributed by atoms with Crippen molar-refractivity contribution in [3.8, 4) is 11.6 Å². The summed E-state index contributed by atoms with van der Waals surface area (Å²) in [4.78, 5) is 26.3. The smallest absolute Gasteiger partial charge is 0.256 e. The van der Waals surface area contributed by atoms with Crippen molar-refractivity contribution in [2.45, 2.75) is 19.5 Å². The Labute approximate surface area is 146 Å². The predicted molar refractivity (Wildman–Crippen MR) is 92.3 cm³/mol. The van der Waals surface area contributed by atoms with Crippen molar-refractivity contribution in [2.24, 2.45) is 0 Å². The zero-order chi connectivity index (χ0) is 16.5. The summed E-state index contributed by atoms with van der Waals surface area (Å²) in [7, 11) is 0. The van der Waals surface area contributed by atoms with Crippen LogP contribution in [0, 0.1) is 0 Å². The van der Waals surface area contributed by atoms with Crippen LogP contribution in [-0.4, -0.2) is 26.4 Å². The second kappa shape index (κ2) is 6.33. The van der Waals surface area contributed by atoms with E-state index in [0.717, 1.165) is 40.8 Å². The minimum Gasteiger partial charge on any atom is -0.461 e. The fraction of sp³-hybridized carbons (Fsp3) is 0.235. The minimum absolute atomic E-state index is 0.0940. The van der Waals surface area contributed by atoms with Gasteiger partial charge in [0.25, 0.3) is 5.56 Å². The van der Waals surface area contributed by atoms with Gasteiger partial charge in [-0.3, -0.25) is 14.7 Å². The molecule has 3 aromatic rings. The Kier molecular flexibility index (Phi) is 4.03. The molecule has 24 heavy (non-hydrogen) atoms. The molecule has 0 saturated heterocycles. The minimum atomic E-state index is -0.0940. The lowest BCUT2D eigenvalue weighted by atomic mass is 10.1. The summed E-state index contributed by atoms with van der Waals surface area (Å²) in [5, 5.41) is 0. The van der Waals surface area contributed by atoms with Gasteiger partial charge in [0, 0.05) is 42.9 Å². The van der Waals surface area contributed by atoms with Crippen LogP contribution >= 0.6 is 15.9 Å². The van der Waals surface area contributed by atoms with E-state index in [4.69, 9.17) is 4.42 Å². The van der Waals surface area contributed by atoms with Crippen molar-refractivity contribution in [3.05, 3.63) is 68.5 Å². The van der Waals surface area contributed by atoms with Gasteiger partial charge in [-0.25, -0.2) is 4.98 Å². The van der Waals surface area contributed by atoms with Crippen molar-refractivity contribution in [2.75, 3.05) is 6.54 Å². The molecular formula is C17H15BrN4O2. The number of H-pyrrole nitrogens is 1.